The van der Waals surface area contributed by atoms with E-state index in [1.54, 1.807) is 6.92 Å². The second kappa shape index (κ2) is 6.10. The van der Waals surface area contributed by atoms with Crippen LogP contribution in [0.2, 0.25) is 0 Å². The lowest BCUT2D eigenvalue weighted by Crippen LogP contribution is -2.33. The fourth-order valence-electron chi connectivity index (χ4n) is 2.29. The lowest BCUT2D eigenvalue weighted by molar-refractivity contribution is 0.0512. The molecule has 1 N–H and O–H groups in total. The van der Waals surface area contributed by atoms with Crippen LogP contribution in [-0.4, -0.2) is 35.4 Å². The van der Waals surface area contributed by atoms with Gasteiger partial charge in [0, 0.05) is 6.54 Å². The van der Waals surface area contributed by atoms with Gasteiger partial charge in [0.2, 0.25) is 0 Å². The SMILES string of the molecule is CCOC(=O)c1cnn(C2CCCNC2)c1C(F)F. The van der Waals surface area contributed by atoms with Gasteiger partial charge in [0.1, 0.15) is 11.3 Å². The molecule has 2 rings (SSSR count). The molecule has 2 heterocycles. The van der Waals surface area contributed by atoms with Gasteiger partial charge in [0.25, 0.3) is 6.43 Å². The molecule has 1 aromatic heterocycles. The van der Waals surface area contributed by atoms with E-state index in [-0.39, 0.29) is 23.9 Å². The first kappa shape index (κ1) is 13.9. The highest BCUT2D eigenvalue weighted by atomic mass is 19.3. The number of nitrogens with one attached hydrogen (secondary N) is 1. The molecular weight excluding hydrogens is 256 g/mol. The molecule has 5 nitrogen and oxygen atoms in total. The Balaban J connectivity index is 2.30. The number of hydrogen-bond acceptors (Lipinski definition) is 4. The molecule has 0 radical (unpaired) electrons. The number of carbonyl (C=O) groups is 1. The zero-order valence-corrected chi connectivity index (χ0v) is 10.7. The van der Waals surface area contributed by atoms with Crippen LogP contribution in [0.15, 0.2) is 6.20 Å². The highest BCUT2D eigenvalue weighted by Crippen LogP contribution is 2.28. The highest BCUT2D eigenvalue weighted by molar-refractivity contribution is 5.90. The van der Waals surface area contributed by atoms with Crippen LogP contribution < -0.4 is 5.32 Å². The van der Waals surface area contributed by atoms with E-state index < -0.39 is 12.4 Å². The molecule has 1 fully saturated rings. The van der Waals surface area contributed by atoms with Gasteiger partial charge in [-0.3, -0.25) is 4.68 Å². The number of rotatable bonds is 4. The Hall–Kier alpha value is -1.50. The third-order valence-corrected chi connectivity index (χ3v) is 3.15. The van der Waals surface area contributed by atoms with E-state index >= 15 is 0 Å². The number of aromatic nitrogens is 2. The summed E-state index contributed by atoms with van der Waals surface area (Å²) in [5, 5.41) is 7.10. The minimum Gasteiger partial charge on any atom is -0.462 e. The number of halogens is 2. The number of piperidine rings is 1. The summed E-state index contributed by atoms with van der Waals surface area (Å²) in [5.74, 6) is -0.743. The van der Waals surface area contributed by atoms with Crippen molar-refractivity contribution in [1.82, 2.24) is 15.1 Å². The number of nitrogens with zero attached hydrogens (tertiary/aromatic N) is 2. The maximum atomic E-state index is 13.2. The molecule has 1 atom stereocenters. The summed E-state index contributed by atoms with van der Waals surface area (Å²) in [6, 6.07) is -0.138. The Labute approximate surface area is 109 Å². The van der Waals surface area contributed by atoms with Gasteiger partial charge in [-0.2, -0.15) is 5.10 Å². The van der Waals surface area contributed by atoms with Crippen molar-refractivity contribution in [2.45, 2.75) is 32.2 Å². The van der Waals surface area contributed by atoms with E-state index in [0.29, 0.717) is 6.54 Å². The summed E-state index contributed by atoms with van der Waals surface area (Å²) in [6.45, 7) is 3.25. The van der Waals surface area contributed by atoms with Crippen molar-refractivity contribution >= 4 is 5.97 Å². The van der Waals surface area contributed by atoms with Crippen molar-refractivity contribution in [2.75, 3.05) is 19.7 Å². The van der Waals surface area contributed by atoms with Gasteiger partial charge in [-0.05, 0) is 26.3 Å². The van der Waals surface area contributed by atoms with E-state index in [1.807, 2.05) is 0 Å². The molecular formula is C12H17F2N3O2. The summed E-state index contributed by atoms with van der Waals surface area (Å²) in [6.07, 6.45) is 0.107. The second-order valence-electron chi connectivity index (χ2n) is 4.41. The van der Waals surface area contributed by atoms with Crippen molar-refractivity contribution < 1.29 is 18.3 Å². The van der Waals surface area contributed by atoms with Crippen LogP contribution in [0.1, 0.15) is 48.3 Å². The van der Waals surface area contributed by atoms with E-state index in [0.717, 1.165) is 19.4 Å². The normalized spacial score (nSPS) is 19.7. The van der Waals surface area contributed by atoms with E-state index in [2.05, 4.69) is 10.4 Å². The summed E-state index contributed by atoms with van der Waals surface area (Å²) in [7, 11) is 0. The first-order valence-corrected chi connectivity index (χ1v) is 6.38. The van der Waals surface area contributed by atoms with Crippen LogP contribution >= 0.6 is 0 Å². The summed E-state index contributed by atoms with van der Waals surface area (Å²) in [5.41, 5.74) is -0.477. The maximum absolute atomic E-state index is 13.2. The molecule has 0 aromatic carbocycles. The summed E-state index contributed by atoms with van der Waals surface area (Å²) in [4.78, 5) is 11.6. The van der Waals surface area contributed by atoms with E-state index in [9.17, 15) is 13.6 Å². The fourth-order valence-corrected chi connectivity index (χ4v) is 2.29. The Kier molecular flexibility index (Phi) is 4.47. The Morgan fingerprint density at radius 1 is 1.68 bits per heavy atom. The molecule has 106 valence electrons. The monoisotopic (exact) mass is 273 g/mol. The van der Waals surface area contributed by atoms with Crippen LogP contribution in [0.3, 0.4) is 0 Å². The predicted molar refractivity (Wildman–Crippen MR) is 64.3 cm³/mol. The maximum Gasteiger partial charge on any atom is 0.341 e. The zero-order valence-electron chi connectivity index (χ0n) is 10.7. The van der Waals surface area contributed by atoms with Crippen molar-refractivity contribution in [3.8, 4) is 0 Å². The number of esters is 1. The van der Waals surface area contributed by atoms with Gasteiger partial charge >= 0.3 is 5.97 Å². The van der Waals surface area contributed by atoms with Gasteiger partial charge in [-0.1, -0.05) is 0 Å². The summed E-state index contributed by atoms with van der Waals surface area (Å²) >= 11 is 0. The highest BCUT2D eigenvalue weighted by Gasteiger charge is 2.29. The van der Waals surface area contributed by atoms with Gasteiger partial charge < -0.3 is 10.1 Å². The van der Waals surface area contributed by atoms with Gasteiger partial charge in [0.05, 0.1) is 18.8 Å². The average Bonchev–Trinajstić information content (AvgIpc) is 2.85. The fraction of sp³-hybridized carbons (Fsp3) is 0.667. The van der Waals surface area contributed by atoms with Gasteiger partial charge in [-0.15, -0.1) is 0 Å². The van der Waals surface area contributed by atoms with Crippen LogP contribution in [0.4, 0.5) is 8.78 Å². The van der Waals surface area contributed by atoms with E-state index in [1.165, 1.54) is 10.9 Å². The lowest BCUT2D eigenvalue weighted by Gasteiger charge is -2.24. The van der Waals surface area contributed by atoms with Gasteiger partial charge in [0.15, 0.2) is 0 Å². The first-order chi connectivity index (χ1) is 9.15. The molecule has 1 saturated heterocycles. The minimum absolute atomic E-state index is 0.137. The van der Waals surface area contributed by atoms with Crippen LogP contribution in [0, 0.1) is 0 Å². The van der Waals surface area contributed by atoms with Crippen molar-refractivity contribution in [3.63, 3.8) is 0 Å². The van der Waals surface area contributed by atoms with Crippen molar-refractivity contribution in [1.29, 1.82) is 0 Å². The number of carbonyl (C=O) groups excluding carboxylic acids is 1. The molecule has 0 saturated carbocycles. The van der Waals surface area contributed by atoms with Crippen LogP contribution in [0.25, 0.3) is 0 Å². The van der Waals surface area contributed by atoms with Crippen molar-refractivity contribution in [2.24, 2.45) is 0 Å². The lowest BCUT2D eigenvalue weighted by atomic mass is 10.1. The second-order valence-corrected chi connectivity index (χ2v) is 4.41. The Morgan fingerprint density at radius 3 is 3.05 bits per heavy atom. The molecule has 0 bridgehead atoms. The quantitative estimate of drug-likeness (QED) is 0.852. The Morgan fingerprint density at radius 2 is 2.47 bits per heavy atom. The molecule has 0 aliphatic carbocycles. The molecule has 19 heavy (non-hydrogen) atoms. The smallest absolute Gasteiger partial charge is 0.341 e. The van der Waals surface area contributed by atoms with Crippen molar-refractivity contribution in [3.05, 3.63) is 17.5 Å². The molecule has 0 amide bonds. The molecule has 7 heteroatoms. The zero-order chi connectivity index (χ0) is 13.8. The Bertz CT molecular complexity index is 442. The molecule has 1 unspecified atom stereocenters. The van der Waals surface area contributed by atoms with Crippen LogP contribution in [-0.2, 0) is 4.74 Å². The number of alkyl halides is 2. The molecule has 1 aliphatic heterocycles. The summed E-state index contributed by atoms with van der Waals surface area (Å²) < 4.78 is 32.4. The first-order valence-electron chi connectivity index (χ1n) is 6.38. The molecule has 1 aromatic rings. The largest absolute Gasteiger partial charge is 0.462 e. The minimum atomic E-state index is -2.75. The van der Waals surface area contributed by atoms with Gasteiger partial charge in [-0.25, -0.2) is 13.6 Å². The average molecular weight is 273 g/mol. The topological polar surface area (TPSA) is 56.1 Å². The standard InChI is InChI=1S/C12H17F2N3O2/c1-2-19-12(18)9-7-16-17(10(9)11(13)14)8-4-3-5-15-6-8/h7-8,11,15H,2-6H2,1H3. The number of hydrogen-bond donors (Lipinski definition) is 1. The van der Waals surface area contributed by atoms with Crippen LogP contribution in [0.5, 0.6) is 0 Å². The third-order valence-electron chi connectivity index (χ3n) is 3.15. The molecule has 0 spiro atoms. The predicted octanol–water partition coefficient (Wildman–Crippen LogP) is 1.92. The number of ether oxygens (including phenoxy) is 1. The van der Waals surface area contributed by atoms with E-state index in [4.69, 9.17) is 4.74 Å². The molecule has 1 aliphatic rings. The third kappa shape index (κ3) is 2.91.